The van der Waals surface area contributed by atoms with Gasteiger partial charge in [0.15, 0.2) is 0 Å². The molecule has 1 fully saturated rings. The zero-order valence-corrected chi connectivity index (χ0v) is 7.42. The molecule has 0 amide bonds. The van der Waals surface area contributed by atoms with Crippen LogP contribution in [-0.2, 0) is 9.47 Å². The summed E-state index contributed by atoms with van der Waals surface area (Å²) >= 11 is 0. The van der Waals surface area contributed by atoms with Crippen molar-refractivity contribution < 1.29 is 9.47 Å². The zero-order chi connectivity index (χ0) is 8.81. The van der Waals surface area contributed by atoms with Crippen LogP contribution in [0.3, 0.4) is 0 Å². The average molecular weight is 171 g/mol. The fraction of sp³-hybridized carbons (Fsp3) is 0.778. The summed E-state index contributed by atoms with van der Waals surface area (Å²) in [6.45, 7) is 6.53. The minimum atomic E-state index is 0.349. The largest absolute Gasteiger partial charge is 0.381 e. The summed E-state index contributed by atoms with van der Waals surface area (Å²) in [6, 6.07) is 0. The van der Waals surface area contributed by atoms with Gasteiger partial charge in [0.1, 0.15) is 0 Å². The lowest BCUT2D eigenvalue weighted by molar-refractivity contribution is -0.0242. The normalized spacial score (nSPS) is 19.4. The Hall–Kier alpha value is -0.380. The molecule has 0 spiro atoms. The second-order valence-electron chi connectivity index (χ2n) is 3.08. The Morgan fingerprint density at radius 2 is 2.17 bits per heavy atom. The molecule has 0 atom stereocenters. The molecule has 0 radical (unpaired) electrons. The van der Waals surface area contributed by atoms with Gasteiger partial charge in [0, 0.05) is 19.8 Å². The summed E-state index contributed by atoms with van der Waals surface area (Å²) in [7, 11) is 0. The van der Waals surface area contributed by atoms with Crippen LogP contribution >= 0.6 is 0 Å². The van der Waals surface area contributed by atoms with Crippen LogP contribution < -0.4 is 5.73 Å². The highest BCUT2D eigenvalue weighted by Gasteiger charge is 2.13. The first-order chi connectivity index (χ1) is 5.83. The van der Waals surface area contributed by atoms with E-state index in [0.29, 0.717) is 19.3 Å². The van der Waals surface area contributed by atoms with Crippen molar-refractivity contribution in [2.24, 2.45) is 5.73 Å². The molecule has 0 saturated carbocycles. The van der Waals surface area contributed by atoms with Crippen molar-refractivity contribution in [3.05, 3.63) is 12.2 Å². The molecule has 1 saturated heterocycles. The van der Waals surface area contributed by atoms with Crippen molar-refractivity contribution in [2.75, 3.05) is 26.4 Å². The Bertz CT molecular complexity index is 141. The molecular formula is C9H17NO2. The van der Waals surface area contributed by atoms with Gasteiger partial charge >= 0.3 is 0 Å². The lowest BCUT2D eigenvalue weighted by atomic mass is 10.1. The Labute approximate surface area is 73.5 Å². The van der Waals surface area contributed by atoms with Gasteiger partial charge < -0.3 is 15.2 Å². The summed E-state index contributed by atoms with van der Waals surface area (Å²) in [5.74, 6) is 0. The maximum absolute atomic E-state index is 5.58. The van der Waals surface area contributed by atoms with Crippen molar-refractivity contribution in [1.82, 2.24) is 0 Å². The Balaban J connectivity index is 2.09. The third kappa shape index (κ3) is 3.34. The van der Waals surface area contributed by atoms with Gasteiger partial charge in [-0.1, -0.05) is 6.58 Å². The topological polar surface area (TPSA) is 44.5 Å². The smallest absolute Gasteiger partial charge is 0.0690 e. The molecule has 1 aliphatic rings. The van der Waals surface area contributed by atoms with Gasteiger partial charge in [0.25, 0.3) is 0 Å². The molecule has 12 heavy (non-hydrogen) atoms. The highest BCUT2D eigenvalue weighted by molar-refractivity contribution is 4.95. The molecule has 3 nitrogen and oxygen atoms in total. The van der Waals surface area contributed by atoms with Gasteiger partial charge in [0.2, 0.25) is 0 Å². The SMILES string of the molecule is C=C(CN)COC1CCOCC1. The van der Waals surface area contributed by atoms with E-state index in [1.807, 2.05) is 0 Å². The minimum absolute atomic E-state index is 0.349. The molecule has 70 valence electrons. The minimum Gasteiger partial charge on any atom is -0.381 e. The van der Waals surface area contributed by atoms with E-state index in [1.54, 1.807) is 0 Å². The standard InChI is InChI=1S/C9H17NO2/c1-8(6-10)7-12-9-2-4-11-5-3-9/h9H,1-7,10H2. The van der Waals surface area contributed by atoms with Gasteiger partial charge in [0.05, 0.1) is 12.7 Å². The van der Waals surface area contributed by atoms with Gasteiger partial charge in [-0.05, 0) is 18.4 Å². The summed E-state index contributed by atoms with van der Waals surface area (Å²) in [4.78, 5) is 0. The van der Waals surface area contributed by atoms with Crippen LogP contribution in [0.15, 0.2) is 12.2 Å². The third-order valence-corrected chi connectivity index (χ3v) is 1.98. The van der Waals surface area contributed by atoms with Crippen LogP contribution in [0.25, 0.3) is 0 Å². The van der Waals surface area contributed by atoms with Crippen molar-refractivity contribution >= 4 is 0 Å². The van der Waals surface area contributed by atoms with Gasteiger partial charge in [-0.15, -0.1) is 0 Å². The summed E-state index contributed by atoms with van der Waals surface area (Å²) in [5.41, 5.74) is 6.34. The van der Waals surface area contributed by atoms with E-state index in [0.717, 1.165) is 31.6 Å². The first-order valence-electron chi connectivity index (χ1n) is 4.39. The number of rotatable bonds is 4. The second-order valence-corrected chi connectivity index (χ2v) is 3.08. The van der Waals surface area contributed by atoms with Crippen molar-refractivity contribution in [2.45, 2.75) is 18.9 Å². The van der Waals surface area contributed by atoms with E-state index in [9.17, 15) is 0 Å². The maximum atomic E-state index is 5.58. The van der Waals surface area contributed by atoms with Crippen molar-refractivity contribution in [3.63, 3.8) is 0 Å². The summed E-state index contributed by atoms with van der Waals surface area (Å²) in [5, 5.41) is 0. The van der Waals surface area contributed by atoms with E-state index in [1.165, 1.54) is 0 Å². The van der Waals surface area contributed by atoms with Gasteiger partial charge in [-0.25, -0.2) is 0 Å². The Kier molecular flexibility index (Phi) is 4.29. The molecule has 2 N–H and O–H groups in total. The van der Waals surface area contributed by atoms with Crippen LogP contribution in [0.1, 0.15) is 12.8 Å². The van der Waals surface area contributed by atoms with E-state index >= 15 is 0 Å². The van der Waals surface area contributed by atoms with Crippen molar-refractivity contribution in [1.29, 1.82) is 0 Å². The molecule has 1 heterocycles. The molecule has 0 aliphatic carbocycles. The first-order valence-corrected chi connectivity index (χ1v) is 4.39. The quantitative estimate of drug-likeness (QED) is 0.633. The Morgan fingerprint density at radius 3 is 2.75 bits per heavy atom. The van der Waals surface area contributed by atoms with Crippen LogP contribution in [-0.4, -0.2) is 32.5 Å². The summed E-state index contributed by atoms with van der Waals surface area (Å²) < 4.78 is 10.8. The zero-order valence-electron chi connectivity index (χ0n) is 7.42. The highest BCUT2D eigenvalue weighted by atomic mass is 16.5. The number of hydrogen-bond donors (Lipinski definition) is 1. The van der Waals surface area contributed by atoms with Crippen LogP contribution in [0.2, 0.25) is 0 Å². The first kappa shape index (κ1) is 9.71. The maximum Gasteiger partial charge on any atom is 0.0690 e. The number of hydrogen-bond acceptors (Lipinski definition) is 3. The lowest BCUT2D eigenvalue weighted by Gasteiger charge is -2.22. The molecule has 0 bridgehead atoms. The highest BCUT2D eigenvalue weighted by Crippen LogP contribution is 2.10. The fourth-order valence-electron chi connectivity index (χ4n) is 1.14. The van der Waals surface area contributed by atoms with E-state index < -0.39 is 0 Å². The van der Waals surface area contributed by atoms with E-state index in [4.69, 9.17) is 15.2 Å². The molecule has 0 aromatic rings. The monoisotopic (exact) mass is 171 g/mol. The molecular weight excluding hydrogens is 154 g/mol. The molecule has 0 unspecified atom stereocenters. The number of ether oxygens (including phenoxy) is 2. The van der Waals surface area contributed by atoms with Gasteiger partial charge in [-0.2, -0.15) is 0 Å². The molecule has 0 aromatic heterocycles. The van der Waals surface area contributed by atoms with E-state index in [2.05, 4.69) is 6.58 Å². The molecule has 3 heteroatoms. The third-order valence-electron chi connectivity index (χ3n) is 1.98. The molecule has 1 rings (SSSR count). The van der Waals surface area contributed by atoms with Gasteiger partial charge in [-0.3, -0.25) is 0 Å². The number of nitrogens with two attached hydrogens (primary N) is 1. The second kappa shape index (κ2) is 5.30. The Morgan fingerprint density at radius 1 is 1.50 bits per heavy atom. The fourth-order valence-corrected chi connectivity index (χ4v) is 1.14. The summed E-state index contributed by atoms with van der Waals surface area (Å²) in [6.07, 6.45) is 2.34. The van der Waals surface area contributed by atoms with Crippen LogP contribution in [0.5, 0.6) is 0 Å². The molecule has 1 aliphatic heterocycles. The van der Waals surface area contributed by atoms with Crippen LogP contribution in [0.4, 0.5) is 0 Å². The predicted octanol–water partition coefficient (Wildman–Crippen LogP) is 0.697. The van der Waals surface area contributed by atoms with Crippen molar-refractivity contribution in [3.8, 4) is 0 Å². The van der Waals surface area contributed by atoms with Crippen LogP contribution in [0, 0.1) is 0 Å². The molecule has 0 aromatic carbocycles. The lowest BCUT2D eigenvalue weighted by Crippen LogP contribution is -2.24. The van der Waals surface area contributed by atoms with E-state index in [-0.39, 0.29) is 0 Å². The average Bonchev–Trinajstić information content (AvgIpc) is 2.16. The predicted molar refractivity (Wildman–Crippen MR) is 48.0 cm³/mol.